The van der Waals surface area contributed by atoms with Crippen molar-refractivity contribution in [1.29, 1.82) is 10.8 Å². The zero-order valence-corrected chi connectivity index (χ0v) is 6.84. The molecule has 0 saturated carbocycles. The molecule has 0 heterocycles. The first-order valence-corrected chi connectivity index (χ1v) is 2.81. The van der Waals surface area contributed by atoms with Crippen molar-refractivity contribution in [2.45, 2.75) is 13.8 Å². The van der Waals surface area contributed by atoms with Gasteiger partial charge in [-0.2, -0.15) is 0 Å². The Kier molecular flexibility index (Phi) is 31.8. The normalized spacial score (nSPS) is 5.17. The van der Waals surface area contributed by atoms with Gasteiger partial charge in [-0.25, -0.2) is 20.4 Å². The Morgan fingerprint density at radius 2 is 1.58 bits per heavy atom. The smallest absolute Gasteiger partial charge is 0.302 e. The number of isocyanates is 2. The topological polar surface area (TPSA) is 108 Å². The molecule has 0 aromatic heterocycles. The fraction of sp³-hybridized carbons (Fsp3) is 0.500. The molecule has 68 valence electrons. The van der Waals surface area contributed by atoms with Gasteiger partial charge >= 0.3 is 5.97 Å². The van der Waals surface area contributed by atoms with Crippen LogP contribution < -0.4 is 0 Å². The summed E-state index contributed by atoms with van der Waals surface area (Å²) in [5.41, 5.74) is 0. The minimum atomic E-state index is -0.211. The lowest BCUT2D eigenvalue weighted by Gasteiger charge is -1.89. The zero-order valence-electron chi connectivity index (χ0n) is 6.84. The van der Waals surface area contributed by atoms with E-state index < -0.39 is 0 Å². The number of carbonyl (C=O) groups excluding carboxylic acids is 3. The van der Waals surface area contributed by atoms with Crippen LogP contribution in [-0.4, -0.2) is 24.7 Å². The molecule has 2 N–H and O–H groups in total. The molecule has 0 aromatic carbocycles. The quantitative estimate of drug-likeness (QED) is 0.340. The van der Waals surface area contributed by atoms with Crippen molar-refractivity contribution in [2.75, 3.05) is 6.61 Å². The minimum Gasteiger partial charge on any atom is -0.466 e. The molecule has 0 rings (SSSR count). The zero-order chi connectivity index (χ0) is 10.4. The van der Waals surface area contributed by atoms with E-state index in [2.05, 4.69) is 4.74 Å². The molecule has 0 aliphatic rings. The summed E-state index contributed by atoms with van der Waals surface area (Å²) in [6.45, 7) is 3.65. The van der Waals surface area contributed by atoms with E-state index in [9.17, 15) is 4.79 Å². The molecule has 0 unspecified atom stereocenters. The second-order valence-corrected chi connectivity index (χ2v) is 1.13. The summed E-state index contributed by atoms with van der Waals surface area (Å²) < 4.78 is 4.40. The second kappa shape index (κ2) is 22.9. The fourth-order valence-electron chi connectivity index (χ4n) is 0.203. The van der Waals surface area contributed by atoms with Gasteiger partial charge in [0.1, 0.15) is 0 Å². The van der Waals surface area contributed by atoms with Crippen molar-refractivity contribution in [3.05, 3.63) is 0 Å². The maximum absolute atomic E-state index is 9.82. The largest absolute Gasteiger partial charge is 0.466 e. The monoisotopic (exact) mass is 174 g/mol. The molecule has 0 fully saturated rings. The third kappa shape index (κ3) is 284. The maximum atomic E-state index is 9.82. The van der Waals surface area contributed by atoms with Gasteiger partial charge in [0, 0.05) is 6.92 Å². The number of esters is 1. The number of hydrogen-bond acceptors (Lipinski definition) is 6. The molecule has 0 atom stereocenters. The van der Waals surface area contributed by atoms with Crippen LogP contribution in [0.2, 0.25) is 0 Å². The first kappa shape index (κ1) is 16.7. The van der Waals surface area contributed by atoms with Crippen molar-refractivity contribution in [1.82, 2.24) is 0 Å². The number of ether oxygens (including phenoxy) is 1. The highest BCUT2D eigenvalue weighted by Gasteiger charge is 1.81. The molecule has 0 radical (unpaired) electrons. The Hall–Kier alpha value is -1.77. The Morgan fingerprint density at radius 3 is 1.58 bits per heavy atom. The Labute approximate surface area is 69.5 Å². The number of rotatable bonds is 1. The Morgan fingerprint density at radius 1 is 1.33 bits per heavy atom. The lowest BCUT2D eigenvalue weighted by atomic mass is 10.8. The van der Waals surface area contributed by atoms with E-state index >= 15 is 0 Å². The van der Waals surface area contributed by atoms with E-state index in [0.29, 0.717) is 6.61 Å². The molecule has 0 aliphatic heterocycles. The number of carbonyl (C=O) groups is 1. The average Bonchev–Trinajstić information content (AvgIpc) is 1.89. The van der Waals surface area contributed by atoms with Crippen molar-refractivity contribution in [3.63, 3.8) is 0 Å². The summed E-state index contributed by atoms with van der Waals surface area (Å²) in [7, 11) is 0. The lowest BCUT2D eigenvalue weighted by molar-refractivity contribution is -0.140. The van der Waals surface area contributed by atoms with Crippen LogP contribution in [0.5, 0.6) is 0 Å². The predicted octanol–water partition coefficient (Wildman–Crippen LogP) is 0.371. The van der Waals surface area contributed by atoms with E-state index in [1.54, 1.807) is 6.92 Å². The Bertz CT molecular complexity index is 154. The van der Waals surface area contributed by atoms with Crippen LogP contribution in [-0.2, 0) is 19.1 Å². The van der Waals surface area contributed by atoms with Crippen LogP contribution in [0.4, 0.5) is 0 Å². The SMILES string of the molecule is CCOC(C)=O.N=C=O.N=C=O. The summed E-state index contributed by atoms with van der Waals surface area (Å²) >= 11 is 0. The molecule has 0 amide bonds. The highest BCUT2D eigenvalue weighted by Crippen LogP contribution is 1.69. The molecule has 0 aliphatic carbocycles. The molecule has 6 nitrogen and oxygen atoms in total. The first-order valence-electron chi connectivity index (χ1n) is 2.81. The van der Waals surface area contributed by atoms with E-state index in [-0.39, 0.29) is 5.97 Å². The van der Waals surface area contributed by atoms with Gasteiger partial charge in [-0.3, -0.25) is 4.79 Å². The third-order valence-electron chi connectivity index (χ3n) is 0.348. The van der Waals surface area contributed by atoms with Crippen molar-refractivity contribution < 1.29 is 19.1 Å². The summed E-state index contributed by atoms with van der Waals surface area (Å²) in [5, 5.41) is 10.8. The van der Waals surface area contributed by atoms with Gasteiger partial charge in [-0.05, 0) is 6.92 Å². The summed E-state index contributed by atoms with van der Waals surface area (Å²) in [6.07, 6.45) is 1.50. The fourth-order valence-corrected chi connectivity index (χ4v) is 0.203. The van der Waals surface area contributed by atoms with E-state index in [1.165, 1.54) is 6.92 Å². The van der Waals surface area contributed by atoms with Crippen molar-refractivity contribution in [2.24, 2.45) is 0 Å². The molecule has 12 heavy (non-hydrogen) atoms. The highest BCUT2D eigenvalue weighted by molar-refractivity contribution is 5.65. The minimum absolute atomic E-state index is 0.211. The summed E-state index contributed by atoms with van der Waals surface area (Å²) in [5.74, 6) is -0.211. The van der Waals surface area contributed by atoms with Gasteiger partial charge in [0.05, 0.1) is 6.61 Å². The maximum Gasteiger partial charge on any atom is 0.302 e. The molecule has 0 saturated heterocycles. The van der Waals surface area contributed by atoms with Gasteiger partial charge in [0.2, 0.25) is 12.2 Å². The van der Waals surface area contributed by atoms with E-state index in [0.717, 1.165) is 12.2 Å². The third-order valence-corrected chi connectivity index (χ3v) is 0.348. The van der Waals surface area contributed by atoms with Crippen LogP contribution in [0.25, 0.3) is 0 Å². The van der Waals surface area contributed by atoms with Crippen LogP contribution in [0.15, 0.2) is 0 Å². The van der Waals surface area contributed by atoms with Crippen LogP contribution in [0.3, 0.4) is 0 Å². The molecule has 0 aromatic rings. The van der Waals surface area contributed by atoms with Crippen LogP contribution in [0.1, 0.15) is 13.8 Å². The first-order chi connectivity index (χ1) is 5.60. The molecule has 6 heteroatoms. The van der Waals surface area contributed by atoms with Gasteiger partial charge in [0.25, 0.3) is 0 Å². The number of hydrogen-bond donors (Lipinski definition) is 2. The van der Waals surface area contributed by atoms with Gasteiger partial charge < -0.3 is 4.74 Å². The predicted molar refractivity (Wildman–Crippen MR) is 39.1 cm³/mol. The highest BCUT2D eigenvalue weighted by atomic mass is 16.5. The van der Waals surface area contributed by atoms with Gasteiger partial charge in [-0.15, -0.1) is 0 Å². The lowest BCUT2D eigenvalue weighted by Crippen LogP contribution is -1.95. The van der Waals surface area contributed by atoms with E-state index in [4.69, 9.17) is 20.4 Å². The molecule has 0 bridgehead atoms. The second-order valence-electron chi connectivity index (χ2n) is 1.13. The van der Waals surface area contributed by atoms with Gasteiger partial charge in [-0.1, -0.05) is 0 Å². The average molecular weight is 174 g/mol. The standard InChI is InChI=1S/C4H8O2.2CHNO/c1-3-6-4(2)5;2*2-1-3/h3H2,1-2H3;2*2H. The van der Waals surface area contributed by atoms with Crippen molar-refractivity contribution >= 4 is 18.1 Å². The summed E-state index contributed by atoms with van der Waals surface area (Å²) in [4.78, 5) is 26.5. The summed E-state index contributed by atoms with van der Waals surface area (Å²) in [6, 6.07) is 0. The number of nitrogens with one attached hydrogen (secondary N) is 2. The Balaban J connectivity index is -0.000000115. The van der Waals surface area contributed by atoms with Crippen LogP contribution >= 0.6 is 0 Å². The van der Waals surface area contributed by atoms with Crippen LogP contribution in [0, 0.1) is 10.8 Å². The molecular weight excluding hydrogens is 164 g/mol. The van der Waals surface area contributed by atoms with Crippen molar-refractivity contribution in [3.8, 4) is 0 Å². The molecular formula is C6H10N2O4. The van der Waals surface area contributed by atoms with Gasteiger partial charge in [0.15, 0.2) is 0 Å². The molecule has 0 spiro atoms. The van der Waals surface area contributed by atoms with E-state index in [1.807, 2.05) is 0 Å².